The van der Waals surface area contributed by atoms with Crippen molar-refractivity contribution < 1.29 is 37.7 Å². The maximum atomic E-state index is 13.6. The summed E-state index contributed by atoms with van der Waals surface area (Å²) in [4.78, 5) is 24.9. The number of amides is 1. The molecule has 3 rings (SSSR count). The van der Waals surface area contributed by atoms with E-state index in [1.807, 2.05) is 0 Å². The van der Waals surface area contributed by atoms with Crippen LogP contribution in [0.4, 0.5) is 8.78 Å². The Hall–Kier alpha value is -3.37. The topological polar surface area (TPSA) is 100 Å². The van der Waals surface area contributed by atoms with Crippen LogP contribution < -0.4 is 4.74 Å². The summed E-state index contributed by atoms with van der Waals surface area (Å²) in [5.74, 6) is -3.11. The number of carbonyl (C=O) groups excluding carboxylic acids is 1. The second kappa shape index (κ2) is 10.5. The number of rotatable bonds is 9. The van der Waals surface area contributed by atoms with E-state index in [-0.39, 0.29) is 12.4 Å². The average Bonchev–Trinajstić information content (AvgIpc) is 3.27. The number of aliphatic carboxylic acids is 1. The van der Waals surface area contributed by atoms with Crippen LogP contribution in [0.15, 0.2) is 57.8 Å². The van der Waals surface area contributed by atoms with Gasteiger partial charge in [-0.25, -0.2) is 8.78 Å². The van der Waals surface area contributed by atoms with Gasteiger partial charge in [0, 0.05) is 4.90 Å². The molecule has 0 radical (unpaired) electrons. The number of aliphatic hydroxyl groups is 1. The van der Waals surface area contributed by atoms with E-state index < -0.39 is 42.7 Å². The van der Waals surface area contributed by atoms with Crippen LogP contribution in [-0.4, -0.2) is 46.2 Å². The number of carboxylic acids is 1. The maximum Gasteiger partial charge on any atom is 0.323 e. The van der Waals surface area contributed by atoms with Gasteiger partial charge in [0.05, 0.1) is 12.6 Å². The lowest BCUT2D eigenvalue weighted by atomic mass is 10.1. The first-order valence-corrected chi connectivity index (χ1v) is 10.3. The predicted octanol–water partition coefficient (Wildman–Crippen LogP) is 4.00. The molecule has 0 bridgehead atoms. The van der Waals surface area contributed by atoms with Crippen molar-refractivity contribution in [3.8, 4) is 16.9 Å². The van der Waals surface area contributed by atoms with Crippen molar-refractivity contribution in [1.29, 1.82) is 0 Å². The SMILES string of the molecule is CC(CO)N(CC(=O)O)C(=O)c1ccc(COc2ccc(-c3cc(F)c(F)cc3S)cc2)o1. The fourth-order valence-electron chi connectivity index (χ4n) is 3.04. The Kier molecular flexibility index (Phi) is 7.72. The zero-order chi connectivity index (χ0) is 24.1. The molecule has 0 saturated carbocycles. The molecular weight excluding hydrogens is 456 g/mol. The third-order valence-corrected chi connectivity index (χ3v) is 5.19. The van der Waals surface area contributed by atoms with Crippen molar-refractivity contribution in [2.45, 2.75) is 24.5 Å². The number of carbonyl (C=O) groups is 2. The van der Waals surface area contributed by atoms with Gasteiger partial charge >= 0.3 is 5.97 Å². The molecule has 0 aliphatic carbocycles. The molecule has 2 N–H and O–H groups in total. The molecule has 7 nitrogen and oxygen atoms in total. The van der Waals surface area contributed by atoms with Gasteiger partial charge in [-0.1, -0.05) is 12.1 Å². The Labute approximate surface area is 193 Å². The molecule has 0 fully saturated rings. The molecule has 0 spiro atoms. The molecule has 1 aromatic heterocycles. The monoisotopic (exact) mass is 477 g/mol. The van der Waals surface area contributed by atoms with Gasteiger partial charge in [0.25, 0.3) is 5.91 Å². The van der Waals surface area contributed by atoms with E-state index in [9.17, 15) is 23.5 Å². The van der Waals surface area contributed by atoms with Gasteiger partial charge in [0.15, 0.2) is 17.4 Å². The normalized spacial score (nSPS) is 11.8. The van der Waals surface area contributed by atoms with Crippen molar-refractivity contribution in [2.24, 2.45) is 0 Å². The van der Waals surface area contributed by atoms with E-state index >= 15 is 0 Å². The fraction of sp³-hybridized carbons (Fsp3) is 0.217. The molecule has 1 amide bonds. The molecule has 33 heavy (non-hydrogen) atoms. The molecule has 2 aromatic carbocycles. The van der Waals surface area contributed by atoms with Crippen molar-refractivity contribution in [1.82, 2.24) is 4.90 Å². The van der Waals surface area contributed by atoms with Gasteiger partial charge in [-0.05, 0) is 54.4 Å². The number of halogens is 2. The Morgan fingerprint density at radius 2 is 1.79 bits per heavy atom. The smallest absolute Gasteiger partial charge is 0.323 e. The van der Waals surface area contributed by atoms with Crippen LogP contribution in [0.3, 0.4) is 0 Å². The summed E-state index contributed by atoms with van der Waals surface area (Å²) in [7, 11) is 0. The Balaban J connectivity index is 1.66. The van der Waals surface area contributed by atoms with Crippen LogP contribution >= 0.6 is 12.6 Å². The number of ether oxygens (including phenoxy) is 1. The highest BCUT2D eigenvalue weighted by atomic mass is 32.1. The first-order valence-electron chi connectivity index (χ1n) is 9.83. The van der Waals surface area contributed by atoms with E-state index in [2.05, 4.69) is 12.6 Å². The lowest BCUT2D eigenvalue weighted by Crippen LogP contribution is -2.43. The zero-order valence-corrected chi connectivity index (χ0v) is 18.4. The standard InChI is InChI=1S/C23H21F2NO6S/c1-13(11-27)26(10-22(28)29)23(30)20-7-6-16(32-20)12-31-15-4-2-14(3-5-15)17-8-18(24)19(25)9-21(17)33/h2-9,13,27,33H,10-12H2,1H3,(H,28,29). The molecule has 0 aliphatic rings. The van der Waals surface area contributed by atoms with Crippen LogP contribution in [0, 0.1) is 11.6 Å². The van der Waals surface area contributed by atoms with Crippen molar-refractivity contribution in [2.75, 3.05) is 13.2 Å². The third-order valence-electron chi connectivity index (χ3n) is 4.82. The highest BCUT2D eigenvalue weighted by molar-refractivity contribution is 7.80. The summed E-state index contributed by atoms with van der Waals surface area (Å²) >= 11 is 4.18. The summed E-state index contributed by atoms with van der Waals surface area (Å²) in [6.07, 6.45) is 0. The molecule has 3 aromatic rings. The lowest BCUT2D eigenvalue weighted by molar-refractivity contribution is -0.138. The van der Waals surface area contributed by atoms with Crippen molar-refractivity contribution in [3.05, 3.63) is 71.7 Å². The van der Waals surface area contributed by atoms with Crippen LogP contribution in [0.5, 0.6) is 5.75 Å². The van der Waals surface area contributed by atoms with E-state index in [1.54, 1.807) is 24.3 Å². The molecule has 0 saturated heterocycles. The minimum Gasteiger partial charge on any atom is -0.486 e. The van der Waals surface area contributed by atoms with Gasteiger partial charge in [-0.2, -0.15) is 0 Å². The van der Waals surface area contributed by atoms with Crippen LogP contribution in [0.25, 0.3) is 11.1 Å². The van der Waals surface area contributed by atoms with Crippen molar-refractivity contribution in [3.63, 3.8) is 0 Å². The van der Waals surface area contributed by atoms with E-state index in [0.717, 1.165) is 17.0 Å². The van der Waals surface area contributed by atoms with E-state index in [0.29, 0.717) is 27.5 Å². The summed E-state index contributed by atoms with van der Waals surface area (Å²) in [5, 5.41) is 18.3. The Morgan fingerprint density at radius 1 is 1.12 bits per heavy atom. The summed E-state index contributed by atoms with van der Waals surface area (Å²) in [6.45, 7) is 0.537. The second-order valence-electron chi connectivity index (χ2n) is 7.22. The number of thiol groups is 1. The van der Waals surface area contributed by atoms with Gasteiger partial charge < -0.3 is 24.3 Å². The number of furan rings is 1. The number of carboxylic acid groups (broad SMARTS) is 1. The van der Waals surface area contributed by atoms with Crippen molar-refractivity contribution >= 4 is 24.5 Å². The molecule has 174 valence electrons. The van der Waals surface area contributed by atoms with Gasteiger partial charge in [-0.3, -0.25) is 9.59 Å². The maximum absolute atomic E-state index is 13.6. The predicted molar refractivity (Wildman–Crippen MR) is 117 cm³/mol. The van der Waals surface area contributed by atoms with Gasteiger partial charge in [0.1, 0.15) is 24.7 Å². The van der Waals surface area contributed by atoms with Crippen LogP contribution in [-0.2, 0) is 11.4 Å². The van der Waals surface area contributed by atoms with Crippen LogP contribution in [0.2, 0.25) is 0 Å². The lowest BCUT2D eigenvalue weighted by Gasteiger charge is -2.25. The zero-order valence-electron chi connectivity index (χ0n) is 17.5. The largest absolute Gasteiger partial charge is 0.486 e. The molecule has 10 heteroatoms. The van der Waals surface area contributed by atoms with Crippen LogP contribution in [0.1, 0.15) is 23.2 Å². The Morgan fingerprint density at radius 3 is 2.42 bits per heavy atom. The highest BCUT2D eigenvalue weighted by Gasteiger charge is 2.26. The average molecular weight is 477 g/mol. The molecular formula is C23H21F2NO6S. The van der Waals surface area contributed by atoms with Gasteiger partial charge in [-0.15, -0.1) is 12.6 Å². The summed E-state index contributed by atoms with van der Waals surface area (Å²) in [5.41, 5.74) is 1.05. The number of hydrogen-bond acceptors (Lipinski definition) is 6. The molecule has 0 aliphatic heterocycles. The molecule has 1 heterocycles. The minimum absolute atomic E-state index is 0.00982. The third kappa shape index (κ3) is 5.91. The number of aliphatic hydroxyl groups excluding tert-OH is 1. The fourth-order valence-corrected chi connectivity index (χ4v) is 3.34. The minimum atomic E-state index is -1.21. The number of benzene rings is 2. The first-order chi connectivity index (χ1) is 15.7. The highest BCUT2D eigenvalue weighted by Crippen LogP contribution is 2.30. The Bertz CT molecular complexity index is 1150. The first kappa shape index (κ1) is 24.3. The molecule has 1 atom stereocenters. The summed E-state index contributed by atoms with van der Waals surface area (Å²) < 4.78 is 38.0. The van der Waals surface area contributed by atoms with Gasteiger partial charge in [0.2, 0.25) is 0 Å². The number of nitrogens with zero attached hydrogens (tertiary/aromatic N) is 1. The second-order valence-corrected chi connectivity index (χ2v) is 7.70. The van der Waals surface area contributed by atoms with E-state index in [1.165, 1.54) is 19.1 Å². The van der Waals surface area contributed by atoms with E-state index in [4.69, 9.17) is 14.3 Å². The quantitative estimate of drug-likeness (QED) is 0.403. The number of hydrogen-bond donors (Lipinski definition) is 3. The molecule has 1 unspecified atom stereocenters. The summed E-state index contributed by atoms with van der Waals surface area (Å²) in [6, 6.07) is 10.9.